The van der Waals surface area contributed by atoms with Crippen LogP contribution in [-0.4, -0.2) is 57.6 Å². The first-order valence-corrected chi connectivity index (χ1v) is 12.3. The predicted octanol–water partition coefficient (Wildman–Crippen LogP) is 4.33. The molecule has 2 aliphatic rings. The molecule has 7 heteroatoms. The largest absolute Gasteiger partial charge is 0.366 e. The van der Waals surface area contributed by atoms with Crippen LogP contribution in [0.15, 0.2) is 60.9 Å². The quantitative estimate of drug-likeness (QED) is 0.485. The predicted molar refractivity (Wildman–Crippen MR) is 136 cm³/mol. The van der Waals surface area contributed by atoms with Gasteiger partial charge in [-0.15, -0.1) is 0 Å². The zero-order valence-corrected chi connectivity index (χ0v) is 19.7. The molecule has 0 amide bonds. The highest BCUT2D eigenvalue weighted by Gasteiger charge is 2.30. The number of aromatic nitrogens is 4. The van der Waals surface area contributed by atoms with E-state index in [1.165, 1.54) is 17.7 Å². The van der Waals surface area contributed by atoms with Crippen LogP contribution < -0.4 is 9.80 Å². The van der Waals surface area contributed by atoms with Crippen LogP contribution in [0.4, 0.5) is 11.5 Å². The normalized spacial score (nSPS) is 19.3. The maximum Gasteiger partial charge on any atom is 0.128 e. The molecule has 1 aromatic carbocycles. The highest BCUT2D eigenvalue weighted by molar-refractivity contribution is 5.89. The van der Waals surface area contributed by atoms with Crippen molar-refractivity contribution in [2.45, 2.75) is 32.4 Å². The molecular formula is C27H31N7. The van der Waals surface area contributed by atoms with Crippen molar-refractivity contribution in [3.8, 4) is 0 Å². The highest BCUT2D eigenvalue weighted by Crippen LogP contribution is 2.35. The average molecular weight is 454 g/mol. The van der Waals surface area contributed by atoms with Crippen LogP contribution in [0.3, 0.4) is 0 Å². The smallest absolute Gasteiger partial charge is 0.128 e. The number of fused-ring (bicyclic) bond motifs is 1. The minimum atomic E-state index is 0.308. The molecule has 2 aliphatic heterocycles. The van der Waals surface area contributed by atoms with Crippen LogP contribution in [0.5, 0.6) is 0 Å². The summed E-state index contributed by atoms with van der Waals surface area (Å²) in [5.74, 6) is 2.15. The van der Waals surface area contributed by atoms with Crippen molar-refractivity contribution >= 4 is 22.5 Å². The molecular weight excluding hydrogens is 422 g/mol. The van der Waals surface area contributed by atoms with Gasteiger partial charge in [0.1, 0.15) is 17.2 Å². The first-order valence-electron chi connectivity index (χ1n) is 12.3. The summed E-state index contributed by atoms with van der Waals surface area (Å²) in [6.07, 6.45) is 6.09. The highest BCUT2D eigenvalue weighted by atomic mass is 15.3. The third-order valence-corrected chi connectivity index (χ3v) is 7.25. The number of para-hydroxylation sites is 1. The summed E-state index contributed by atoms with van der Waals surface area (Å²) in [5, 5.41) is 0. The summed E-state index contributed by atoms with van der Waals surface area (Å²) < 4.78 is 0. The number of nitrogens with zero attached hydrogens (tertiary/aromatic N) is 6. The lowest BCUT2D eigenvalue weighted by atomic mass is 10.2. The van der Waals surface area contributed by atoms with Gasteiger partial charge >= 0.3 is 0 Å². The lowest BCUT2D eigenvalue weighted by molar-refractivity contribution is 0.238. The Morgan fingerprint density at radius 3 is 2.56 bits per heavy atom. The van der Waals surface area contributed by atoms with E-state index in [4.69, 9.17) is 4.98 Å². The van der Waals surface area contributed by atoms with Crippen LogP contribution in [0.25, 0.3) is 11.0 Å². The molecule has 1 unspecified atom stereocenters. The van der Waals surface area contributed by atoms with Crippen molar-refractivity contribution in [2.75, 3.05) is 42.5 Å². The molecule has 2 saturated heterocycles. The van der Waals surface area contributed by atoms with E-state index in [2.05, 4.69) is 73.0 Å². The molecule has 5 heterocycles. The number of pyridine rings is 2. The second-order valence-corrected chi connectivity index (χ2v) is 9.35. The number of aromatic amines is 1. The minimum Gasteiger partial charge on any atom is -0.366 e. The summed E-state index contributed by atoms with van der Waals surface area (Å²) in [7, 11) is 0. The number of benzene rings is 1. The van der Waals surface area contributed by atoms with Crippen LogP contribution in [0, 0.1) is 6.92 Å². The third-order valence-electron chi connectivity index (χ3n) is 7.25. The Bertz CT molecular complexity index is 1260. The van der Waals surface area contributed by atoms with Crippen molar-refractivity contribution in [1.29, 1.82) is 0 Å². The number of H-pyrrole nitrogens is 1. The Balaban J connectivity index is 1.22. The fourth-order valence-electron chi connectivity index (χ4n) is 5.37. The molecule has 0 radical (unpaired) electrons. The fourth-order valence-corrected chi connectivity index (χ4v) is 5.37. The maximum absolute atomic E-state index is 5.18. The molecule has 34 heavy (non-hydrogen) atoms. The number of likely N-dealkylation sites (tertiary alicyclic amines) is 1. The van der Waals surface area contributed by atoms with Gasteiger partial charge in [0.05, 0.1) is 22.9 Å². The van der Waals surface area contributed by atoms with E-state index < -0.39 is 0 Å². The molecule has 1 atom stereocenters. The van der Waals surface area contributed by atoms with Crippen molar-refractivity contribution in [2.24, 2.45) is 0 Å². The van der Waals surface area contributed by atoms with Gasteiger partial charge in [-0.3, -0.25) is 9.88 Å². The average Bonchev–Trinajstić information content (AvgIpc) is 3.53. The van der Waals surface area contributed by atoms with Gasteiger partial charge in [-0.1, -0.05) is 18.2 Å². The van der Waals surface area contributed by atoms with Gasteiger partial charge in [-0.25, -0.2) is 9.97 Å². The SMILES string of the molecule is Cc1cccnc1CN1CCCC1c1nc2c(N3CCN(c4ccccn4)CC3)cccc2[nH]1. The van der Waals surface area contributed by atoms with E-state index in [-0.39, 0.29) is 0 Å². The molecule has 3 aromatic heterocycles. The summed E-state index contributed by atoms with van der Waals surface area (Å²) >= 11 is 0. The minimum absolute atomic E-state index is 0.308. The molecule has 4 aromatic rings. The van der Waals surface area contributed by atoms with E-state index in [1.54, 1.807) is 0 Å². The van der Waals surface area contributed by atoms with Gasteiger partial charge in [0, 0.05) is 45.1 Å². The second kappa shape index (κ2) is 9.06. The van der Waals surface area contributed by atoms with Gasteiger partial charge in [0.25, 0.3) is 0 Å². The molecule has 7 nitrogen and oxygen atoms in total. The van der Waals surface area contributed by atoms with E-state index in [0.717, 1.165) is 74.1 Å². The lowest BCUT2D eigenvalue weighted by Gasteiger charge is -2.36. The Morgan fingerprint density at radius 2 is 1.74 bits per heavy atom. The zero-order valence-electron chi connectivity index (χ0n) is 19.7. The molecule has 6 rings (SSSR count). The molecule has 0 aliphatic carbocycles. The Hall–Kier alpha value is -3.45. The third kappa shape index (κ3) is 4.01. The molecule has 0 saturated carbocycles. The van der Waals surface area contributed by atoms with E-state index in [9.17, 15) is 0 Å². The summed E-state index contributed by atoms with van der Waals surface area (Å²) in [5.41, 5.74) is 5.86. The number of aryl methyl sites for hydroxylation is 1. The van der Waals surface area contributed by atoms with Gasteiger partial charge in [0.2, 0.25) is 0 Å². The van der Waals surface area contributed by atoms with Crippen molar-refractivity contribution in [3.63, 3.8) is 0 Å². The number of imidazole rings is 1. The number of piperazine rings is 1. The lowest BCUT2D eigenvalue weighted by Crippen LogP contribution is -2.46. The van der Waals surface area contributed by atoms with Crippen molar-refractivity contribution < 1.29 is 0 Å². The standard InChI is InChI=1S/C27H31N7/c1-20-7-5-13-28-22(20)19-34-14-6-10-24(34)27-30-21-8-4-9-23(26(21)31-27)32-15-17-33(18-16-32)25-11-2-3-12-29-25/h2-5,7-9,11-13,24H,6,10,14-19H2,1H3,(H,30,31). The number of rotatable bonds is 5. The van der Waals surface area contributed by atoms with Gasteiger partial charge in [-0.05, 0) is 62.2 Å². The Kier molecular flexibility index (Phi) is 5.63. The van der Waals surface area contributed by atoms with E-state index >= 15 is 0 Å². The number of anilines is 2. The number of hydrogen-bond donors (Lipinski definition) is 1. The first kappa shape index (κ1) is 21.1. The molecule has 2 fully saturated rings. The topological polar surface area (TPSA) is 64.2 Å². The fraction of sp³-hybridized carbons (Fsp3) is 0.370. The molecule has 174 valence electrons. The van der Waals surface area contributed by atoms with E-state index in [0.29, 0.717) is 6.04 Å². The van der Waals surface area contributed by atoms with Crippen molar-refractivity contribution in [3.05, 3.63) is 78.0 Å². The van der Waals surface area contributed by atoms with Crippen LogP contribution in [0.2, 0.25) is 0 Å². The van der Waals surface area contributed by atoms with Gasteiger partial charge in [0.15, 0.2) is 0 Å². The van der Waals surface area contributed by atoms with E-state index in [1.807, 2.05) is 24.5 Å². The zero-order chi connectivity index (χ0) is 22.9. The summed E-state index contributed by atoms with van der Waals surface area (Å²) in [6, 6.07) is 17.1. The number of nitrogens with one attached hydrogen (secondary N) is 1. The van der Waals surface area contributed by atoms with Crippen LogP contribution in [0.1, 0.15) is 36.0 Å². The Morgan fingerprint density at radius 1 is 0.882 bits per heavy atom. The second-order valence-electron chi connectivity index (χ2n) is 9.35. The molecule has 1 N–H and O–H groups in total. The monoisotopic (exact) mass is 453 g/mol. The summed E-state index contributed by atoms with van der Waals surface area (Å²) in [4.78, 5) is 25.3. The molecule has 0 spiro atoms. The maximum atomic E-state index is 5.18. The number of hydrogen-bond acceptors (Lipinski definition) is 6. The Labute approximate surface area is 200 Å². The van der Waals surface area contributed by atoms with Crippen LogP contribution >= 0.6 is 0 Å². The van der Waals surface area contributed by atoms with Gasteiger partial charge in [-0.2, -0.15) is 0 Å². The summed E-state index contributed by atoms with van der Waals surface area (Å²) in [6.45, 7) is 7.96. The van der Waals surface area contributed by atoms with Gasteiger partial charge < -0.3 is 14.8 Å². The molecule has 0 bridgehead atoms. The van der Waals surface area contributed by atoms with Crippen molar-refractivity contribution in [1.82, 2.24) is 24.8 Å². The first-order chi connectivity index (χ1) is 16.8. The van der Waals surface area contributed by atoms with Crippen LogP contribution in [-0.2, 0) is 6.54 Å².